The van der Waals surface area contributed by atoms with Gasteiger partial charge in [0.15, 0.2) is 6.61 Å². The summed E-state index contributed by atoms with van der Waals surface area (Å²) in [6.07, 6.45) is 1.94. The first kappa shape index (κ1) is 21.5. The first-order valence-corrected chi connectivity index (χ1v) is 10.4. The maximum Gasteiger partial charge on any atom is 0.267 e. The standard InChI is InChI=1S/C20H20Cl2N4O2S/c1-5-11(4)24-20-16(10(2)3)17(23)18(29-20)19-25-15(26-28-19)9-27-12-6-7-13(21)14(22)8-12/h5-8H,9,23H2,1-4H3/b11-5+,24-20?. The number of rotatable bonds is 5. The highest BCUT2D eigenvalue weighted by Crippen LogP contribution is 2.43. The number of halogens is 2. The van der Waals surface area contributed by atoms with Crippen LogP contribution in [0.4, 0.5) is 0 Å². The van der Waals surface area contributed by atoms with E-state index < -0.39 is 0 Å². The SMILES string of the molecule is C/C=C(\C)N=C1SC(c2nc(COc3ccc(Cl)c(Cl)c3)no2)=C(N)C1=C(C)C. The molecule has 0 bridgehead atoms. The Morgan fingerprint density at radius 2 is 2.03 bits per heavy atom. The Balaban J connectivity index is 1.81. The van der Waals surface area contributed by atoms with Gasteiger partial charge in [0.2, 0.25) is 5.82 Å². The van der Waals surface area contributed by atoms with Crippen molar-refractivity contribution in [2.75, 3.05) is 0 Å². The van der Waals surface area contributed by atoms with Gasteiger partial charge in [-0.3, -0.25) is 0 Å². The summed E-state index contributed by atoms with van der Waals surface area (Å²) in [4.78, 5) is 9.75. The van der Waals surface area contributed by atoms with Crippen molar-refractivity contribution in [3.63, 3.8) is 0 Å². The molecular formula is C20H20Cl2N4O2S. The average Bonchev–Trinajstić information content (AvgIpc) is 3.26. The van der Waals surface area contributed by atoms with E-state index in [1.165, 1.54) is 11.8 Å². The molecule has 0 unspecified atom stereocenters. The molecule has 0 saturated carbocycles. The Morgan fingerprint density at radius 3 is 2.69 bits per heavy atom. The lowest BCUT2D eigenvalue weighted by Crippen LogP contribution is -2.05. The molecule has 1 aromatic heterocycles. The number of aromatic nitrogens is 2. The summed E-state index contributed by atoms with van der Waals surface area (Å²) in [5.41, 5.74) is 9.84. The van der Waals surface area contributed by atoms with Crippen LogP contribution >= 0.6 is 35.0 Å². The second kappa shape index (κ2) is 9.07. The van der Waals surface area contributed by atoms with Crippen LogP contribution in [0, 0.1) is 0 Å². The van der Waals surface area contributed by atoms with E-state index >= 15 is 0 Å². The molecule has 1 aliphatic rings. The van der Waals surface area contributed by atoms with E-state index in [1.54, 1.807) is 18.2 Å². The molecule has 1 aliphatic heterocycles. The van der Waals surface area contributed by atoms with Crippen LogP contribution in [0.3, 0.4) is 0 Å². The van der Waals surface area contributed by atoms with E-state index in [0.29, 0.717) is 38.1 Å². The highest BCUT2D eigenvalue weighted by Gasteiger charge is 2.30. The molecule has 0 saturated heterocycles. The van der Waals surface area contributed by atoms with E-state index in [9.17, 15) is 0 Å². The van der Waals surface area contributed by atoms with Gasteiger partial charge < -0.3 is 15.0 Å². The smallest absolute Gasteiger partial charge is 0.267 e. The third-order valence-electron chi connectivity index (χ3n) is 4.04. The van der Waals surface area contributed by atoms with Crippen molar-refractivity contribution in [2.24, 2.45) is 10.7 Å². The number of hydrogen-bond donors (Lipinski definition) is 1. The molecule has 2 heterocycles. The van der Waals surface area contributed by atoms with E-state index in [4.69, 9.17) is 38.2 Å². The Bertz CT molecular complexity index is 1070. The summed E-state index contributed by atoms with van der Waals surface area (Å²) in [5, 5.41) is 5.67. The zero-order valence-electron chi connectivity index (χ0n) is 16.4. The first-order valence-electron chi connectivity index (χ1n) is 8.78. The molecule has 0 spiro atoms. The first-order chi connectivity index (χ1) is 13.8. The number of aliphatic imine (C=N–C) groups is 1. The molecule has 0 aliphatic carbocycles. The molecule has 1 aromatic carbocycles. The molecule has 29 heavy (non-hydrogen) atoms. The molecule has 0 radical (unpaired) electrons. The Labute approximate surface area is 183 Å². The number of nitrogens with two attached hydrogens (primary N) is 1. The van der Waals surface area contributed by atoms with Crippen LogP contribution in [0.1, 0.15) is 39.4 Å². The maximum atomic E-state index is 6.38. The minimum absolute atomic E-state index is 0.118. The molecule has 0 amide bonds. The predicted molar refractivity (Wildman–Crippen MR) is 119 cm³/mol. The lowest BCUT2D eigenvalue weighted by atomic mass is 10.1. The average molecular weight is 451 g/mol. The van der Waals surface area contributed by atoms with Crippen LogP contribution in [0.2, 0.25) is 10.0 Å². The summed E-state index contributed by atoms with van der Waals surface area (Å²) in [6, 6.07) is 5.01. The van der Waals surface area contributed by atoms with Crippen LogP contribution in [0.5, 0.6) is 5.75 Å². The van der Waals surface area contributed by atoms with Crippen LogP contribution in [0.15, 0.2) is 56.3 Å². The van der Waals surface area contributed by atoms with E-state index in [-0.39, 0.29) is 6.61 Å². The summed E-state index contributed by atoms with van der Waals surface area (Å²) in [7, 11) is 0. The van der Waals surface area contributed by atoms with Gasteiger partial charge in [-0.1, -0.05) is 51.8 Å². The summed E-state index contributed by atoms with van der Waals surface area (Å²) >= 11 is 13.3. The third kappa shape index (κ3) is 4.86. The van der Waals surface area contributed by atoms with Gasteiger partial charge in [-0.05, 0) is 39.8 Å². The molecule has 0 fully saturated rings. The highest BCUT2D eigenvalue weighted by molar-refractivity contribution is 8.22. The van der Waals surface area contributed by atoms with Gasteiger partial charge in [-0.15, -0.1) is 0 Å². The molecule has 0 atom stereocenters. The molecular weight excluding hydrogens is 431 g/mol. The monoisotopic (exact) mass is 450 g/mol. The summed E-state index contributed by atoms with van der Waals surface area (Å²) < 4.78 is 11.1. The van der Waals surface area contributed by atoms with Crippen molar-refractivity contribution in [3.8, 4) is 5.75 Å². The number of allylic oxidation sites excluding steroid dienone is 4. The largest absolute Gasteiger partial charge is 0.485 e. The van der Waals surface area contributed by atoms with E-state index in [0.717, 1.165) is 21.9 Å². The number of thioether (sulfide) groups is 1. The third-order valence-corrected chi connectivity index (χ3v) is 5.87. The number of ether oxygens (including phenoxy) is 1. The summed E-state index contributed by atoms with van der Waals surface area (Å²) in [5.74, 6) is 1.28. The zero-order valence-corrected chi connectivity index (χ0v) is 18.7. The number of hydrogen-bond acceptors (Lipinski definition) is 7. The van der Waals surface area contributed by atoms with Crippen LogP contribution < -0.4 is 10.5 Å². The van der Waals surface area contributed by atoms with Gasteiger partial charge in [0.25, 0.3) is 5.89 Å². The Morgan fingerprint density at radius 1 is 1.28 bits per heavy atom. The Hall–Kier alpha value is -2.22. The summed E-state index contributed by atoms with van der Waals surface area (Å²) in [6.45, 7) is 7.99. The molecule has 3 rings (SSSR count). The predicted octanol–water partition coefficient (Wildman–Crippen LogP) is 5.99. The van der Waals surface area contributed by atoms with Crippen LogP contribution in [-0.4, -0.2) is 15.2 Å². The van der Waals surface area contributed by atoms with Crippen molar-refractivity contribution >= 4 is 44.9 Å². The number of benzene rings is 1. The highest BCUT2D eigenvalue weighted by atomic mass is 35.5. The molecule has 6 nitrogen and oxygen atoms in total. The van der Waals surface area contributed by atoms with Crippen molar-refractivity contribution in [1.29, 1.82) is 0 Å². The van der Waals surface area contributed by atoms with Crippen molar-refractivity contribution < 1.29 is 9.26 Å². The molecule has 9 heteroatoms. The van der Waals surface area contributed by atoms with Crippen LogP contribution in [0.25, 0.3) is 4.91 Å². The normalized spacial score (nSPS) is 16.1. The fourth-order valence-electron chi connectivity index (χ4n) is 2.50. The fourth-order valence-corrected chi connectivity index (χ4v) is 3.97. The zero-order chi connectivity index (χ0) is 21.1. The molecule has 152 valence electrons. The van der Waals surface area contributed by atoms with Crippen molar-refractivity contribution in [3.05, 3.63) is 68.6 Å². The van der Waals surface area contributed by atoms with Gasteiger partial charge >= 0.3 is 0 Å². The topological polar surface area (TPSA) is 86.5 Å². The van der Waals surface area contributed by atoms with E-state index in [1.807, 2.05) is 33.8 Å². The van der Waals surface area contributed by atoms with Crippen LogP contribution in [-0.2, 0) is 6.61 Å². The Kier molecular flexibility index (Phi) is 6.72. The van der Waals surface area contributed by atoms with Gasteiger partial charge in [0.05, 0.1) is 15.7 Å². The molecule has 2 N–H and O–H groups in total. The lowest BCUT2D eigenvalue weighted by molar-refractivity contribution is 0.286. The minimum atomic E-state index is 0.118. The van der Waals surface area contributed by atoms with Crippen molar-refractivity contribution in [2.45, 2.75) is 34.3 Å². The minimum Gasteiger partial charge on any atom is -0.485 e. The quantitative estimate of drug-likeness (QED) is 0.601. The van der Waals surface area contributed by atoms with Crippen molar-refractivity contribution in [1.82, 2.24) is 10.1 Å². The molecule has 2 aromatic rings. The second-order valence-corrected chi connectivity index (χ2v) is 8.26. The second-order valence-electron chi connectivity index (χ2n) is 6.45. The maximum absolute atomic E-state index is 6.38. The van der Waals surface area contributed by atoms with Gasteiger partial charge in [-0.25, -0.2) is 4.99 Å². The van der Waals surface area contributed by atoms with Gasteiger partial charge in [-0.2, -0.15) is 4.98 Å². The van der Waals surface area contributed by atoms with E-state index in [2.05, 4.69) is 15.1 Å². The number of nitrogens with zero attached hydrogens (tertiary/aromatic N) is 3. The lowest BCUT2D eigenvalue weighted by Gasteiger charge is -2.04. The van der Waals surface area contributed by atoms with Gasteiger partial charge in [0, 0.05) is 17.3 Å². The fraction of sp³-hybridized carbons (Fsp3) is 0.250. The van der Waals surface area contributed by atoms with Gasteiger partial charge in [0.1, 0.15) is 15.7 Å².